The molecule has 1 fully saturated rings. The lowest BCUT2D eigenvalue weighted by Crippen LogP contribution is -2.54. The van der Waals surface area contributed by atoms with Gasteiger partial charge in [-0.3, -0.25) is 19.1 Å². The Labute approximate surface area is 211 Å². The fourth-order valence-corrected chi connectivity index (χ4v) is 3.87. The van der Waals surface area contributed by atoms with E-state index in [-0.39, 0.29) is 29.8 Å². The first-order chi connectivity index (χ1) is 17.3. The molecule has 2 amide bonds. The summed E-state index contributed by atoms with van der Waals surface area (Å²) in [5, 5.41) is 10.6. The van der Waals surface area contributed by atoms with Crippen LogP contribution in [0.1, 0.15) is 54.5 Å². The highest BCUT2D eigenvalue weighted by atomic mass is 19.4. The van der Waals surface area contributed by atoms with E-state index in [1.54, 1.807) is 24.3 Å². The predicted octanol–water partition coefficient (Wildman–Crippen LogP) is 4.24. The first-order valence-corrected chi connectivity index (χ1v) is 11.8. The molecule has 1 atom stereocenters. The Balaban J connectivity index is 1.55. The summed E-state index contributed by atoms with van der Waals surface area (Å²) in [6.45, 7) is 5.30. The maximum atomic E-state index is 13.3. The molecule has 8 nitrogen and oxygen atoms in total. The van der Waals surface area contributed by atoms with Gasteiger partial charge in [0.25, 0.3) is 5.91 Å². The summed E-state index contributed by atoms with van der Waals surface area (Å²) in [5.41, 5.74) is 0.175. The van der Waals surface area contributed by atoms with Crippen LogP contribution in [0.3, 0.4) is 0 Å². The number of halogens is 3. The number of hydrogen-bond donors (Lipinski definition) is 2. The molecule has 0 bridgehead atoms. The molecule has 1 aromatic heterocycles. The molecule has 2 N–H and O–H groups in total. The molecular formula is C26H27F3N4O4. The zero-order valence-electron chi connectivity index (χ0n) is 20.6. The summed E-state index contributed by atoms with van der Waals surface area (Å²) in [5.74, 6) is -1.68. The standard InChI is InChI=1S/C26H27F3N4O4/c1-25(2,3)22(24(36)30-16-10-11-16)31-23(35)21-18-6-4-5-7-19(18)33(32-21)14-20(34)15-8-12-17(13-9-15)37-26(27,28)29/h4-9,12-13,16,22H,10-11,14H2,1-3H3,(H,30,36)(H,31,35). The summed E-state index contributed by atoms with van der Waals surface area (Å²) in [4.78, 5) is 39.0. The molecular weight excluding hydrogens is 489 g/mol. The van der Waals surface area contributed by atoms with Gasteiger partial charge in [-0.25, -0.2) is 0 Å². The quantitative estimate of drug-likeness (QED) is 0.436. The smallest absolute Gasteiger partial charge is 0.406 e. The second-order valence-electron chi connectivity index (χ2n) is 10.1. The number of nitrogens with one attached hydrogen (secondary N) is 2. The zero-order valence-corrected chi connectivity index (χ0v) is 20.6. The van der Waals surface area contributed by atoms with E-state index in [0.717, 1.165) is 25.0 Å². The summed E-state index contributed by atoms with van der Waals surface area (Å²) in [7, 11) is 0. The van der Waals surface area contributed by atoms with Crippen molar-refractivity contribution in [3.8, 4) is 5.75 Å². The van der Waals surface area contributed by atoms with Gasteiger partial charge in [0.05, 0.1) is 5.52 Å². The predicted molar refractivity (Wildman–Crippen MR) is 129 cm³/mol. The van der Waals surface area contributed by atoms with E-state index >= 15 is 0 Å². The van der Waals surface area contributed by atoms with Crippen LogP contribution in [0.5, 0.6) is 5.75 Å². The number of carbonyl (C=O) groups is 3. The SMILES string of the molecule is CC(C)(C)C(NC(=O)c1nn(CC(=O)c2ccc(OC(F)(F)F)cc2)c2ccccc12)C(=O)NC1CC1. The van der Waals surface area contributed by atoms with E-state index in [4.69, 9.17) is 0 Å². The molecule has 0 aliphatic heterocycles. The highest BCUT2D eigenvalue weighted by Gasteiger charge is 2.36. The summed E-state index contributed by atoms with van der Waals surface area (Å²) >= 11 is 0. The molecule has 3 aromatic rings. The lowest BCUT2D eigenvalue weighted by Gasteiger charge is -2.30. The molecule has 1 unspecified atom stereocenters. The number of aromatic nitrogens is 2. The highest BCUT2D eigenvalue weighted by molar-refractivity contribution is 6.07. The van der Waals surface area contributed by atoms with Crippen LogP contribution in [0.2, 0.25) is 0 Å². The van der Waals surface area contributed by atoms with Crippen LogP contribution in [0, 0.1) is 5.41 Å². The van der Waals surface area contributed by atoms with Gasteiger partial charge in [0, 0.05) is 17.0 Å². The summed E-state index contributed by atoms with van der Waals surface area (Å²) in [6.07, 6.45) is -3.00. The third-order valence-electron chi connectivity index (χ3n) is 5.90. The van der Waals surface area contributed by atoms with Crippen molar-refractivity contribution in [1.82, 2.24) is 20.4 Å². The van der Waals surface area contributed by atoms with Crippen molar-refractivity contribution in [2.45, 2.75) is 58.6 Å². The Morgan fingerprint density at radius 1 is 1.05 bits per heavy atom. The second-order valence-corrected chi connectivity index (χ2v) is 10.1. The zero-order chi connectivity index (χ0) is 27.0. The van der Waals surface area contributed by atoms with Gasteiger partial charge < -0.3 is 15.4 Å². The fraction of sp³-hybridized carbons (Fsp3) is 0.385. The van der Waals surface area contributed by atoms with Gasteiger partial charge in [-0.1, -0.05) is 39.0 Å². The van der Waals surface area contributed by atoms with Gasteiger partial charge >= 0.3 is 6.36 Å². The van der Waals surface area contributed by atoms with Crippen molar-refractivity contribution in [2.75, 3.05) is 0 Å². The largest absolute Gasteiger partial charge is 0.573 e. The van der Waals surface area contributed by atoms with E-state index in [1.807, 2.05) is 20.8 Å². The normalized spacial score (nSPS) is 14.8. The van der Waals surface area contributed by atoms with Gasteiger partial charge in [0.15, 0.2) is 11.5 Å². The van der Waals surface area contributed by atoms with Crippen LogP contribution in [0.25, 0.3) is 10.9 Å². The molecule has 0 spiro atoms. The minimum absolute atomic E-state index is 0.0609. The van der Waals surface area contributed by atoms with Crippen LogP contribution in [0.4, 0.5) is 13.2 Å². The van der Waals surface area contributed by atoms with Crippen molar-refractivity contribution in [2.24, 2.45) is 5.41 Å². The molecule has 1 heterocycles. The van der Waals surface area contributed by atoms with Gasteiger partial charge in [0.1, 0.15) is 18.3 Å². The van der Waals surface area contributed by atoms with Gasteiger partial charge in [0.2, 0.25) is 5.91 Å². The van der Waals surface area contributed by atoms with Gasteiger partial charge in [-0.2, -0.15) is 5.10 Å². The fourth-order valence-electron chi connectivity index (χ4n) is 3.87. The van der Waals surface area contributed by atoms with Crippen LogP contribution < -0.4 is 15.4 Å². The van der Waals surface area contributed by atoms with E-state index in [2.05, 4.69) is 20.5 Å². The molecule has 1 aliphatic carbocycles. The van der Waals surface area contributed by atoms with Crippen molar-refractivity contribution in [3.63, 3.8) is 0 Å². The number of amides is 2. The topological polar surface area (TPSA) is 102 Å². The number of hydrogen-bond acceptors (Lipinski definition) is 5. The number of rotatable bonds is 8. The van der Waals surface area contributed by atoms with Crippen LogP contribution in [-0.4, -0.2) is 45.8 Å². The third-order valence-corrected chi connectivity index (χ3v) is 5.90. The minimum atomic E-state index is -4.83. The number of Topliss-reactive ketones (excluding diaryl/α,β-unsaturated/α-hetero) is 1. The number of nitrogens with zero attached hydrogens (tertiary/aromatic N) is 2. The molecule has 11 heteroatoms. The van der Waals surface area contributed by atoms with Crippen molar-refractivity contribution in [1.29, 1.82) is 0 Å². The van der Waals surface area contributed by atoms with Gasteiger partial charge in [-0.05, 0) is 48.6 Å². The number of ketones is 1. The third kappa shape index (κ3) is 6.46. The summed E-state index contributed by atoms with van der Waals surface area (Å²) < 4.78 is 42.4. The maximum Gasteiger partial charge on any atom is 0.573 e. The Morgan fingerprint density at radius 2 is 1.70 bits per heavy atom. The average Bonchev–Trinajstić information content (AvgIpc) is 3.55. The molecule has 1 saturated carbocycles. The first kappa shape index (κ1) is 26.2. The monoisotopic (exact) mass is 516 g/mol. The molecule has 196 valence electrons. The molecule has 2 aromatic carbocycles. The van der Waals surface area contributed by atoms with E-state index in [1.165, 1.54) is 16.8 Å². The number of ether oxygens (including phenoxy) is 1. The van der Waals surface area contributed by atoms with Crippen molar-refractivity contribution < 1.29 is 32.3 Å². The molecule has 0 radical (unpaired) electrons. The molecule has 4 rings (SSSR count). The Hall–Kier alpha value is -3.89. The Bertz CT molecular complexity index is 1320. The number of fused-ring (bicyclic) bond motifs is 1. The van der Waals surface area contributed by atoms with Gasteiger partial charge in [-0.15, -0.1) is 13.2 Å². The van der Waals surface area contributed by atoms with Crippen molar-refractivity contribution >= 4 is 28.5 Å². The lowest BCUT2D eigenvalue weighted by molar-refractivity contribution is -0.274. The first-order valence-electron chi connectivity index (χ1n) is 11.8. The Kier molecular flexibility index (Phi) is 6.98. The van der Waals surface area contributed by atoms with E-state index in [9.17, 15) is 27.6 Å². The molecule has 0 saturated heterocycles. The van der Waals surface area contributed by atoms with E-state index in [0.29, 0.717) is 10.9 Å². The van der Waals surface area contributed by atoms with Crippen molar-refractivity contribution in [3.05, 3.63) is 59.8 Å². The lowest BCUT2D eigenvalue weighted by atomic mass is 9.86. The summed E-state index contributed by atoms with van der Waals surface area (Å²) in [6, 6.07) is 10.8. The minimum Gasteiger partial charge on any atom is -0.406 e. The number of benzene rings is 2. The molecule has 37 heavy (non-hydrogen) atoms. The molecule has 1 aliphatic rings. The van der Waals surface area contributed by atoms with Crippen LogP contribution >= 0.6 is 0 Å². The van der Waals surface area contributed by atoms with Crippen LogP contribution in [-0.2, 0) is 11.3 Å². The second kappa shape index (κ2) is 9.87. The van der Waals surface area contributed by atoms with E-state index < -0.39 is 35.3 Å². The maximum absolute atomic E-state index is 13.3. The average molecular weight is 517 g/mol. The Morgan fingerprint density at radius 3 is 2.30 bits per heavy atom. The number of para-hydroxylation sites is 1. The number of alkyl halides is 3. The highest BCUT2D eigenvalue weighted by Crippen LogP contribution is 2.26. The number of carbonyl (C=O) groups excluding carboxylic acids is 3. The van der Waals surface area contributed by atoms with Crippen LogP contribution in [0.15, 0.2) is 48.5 Å².